The first-order valence-corrected chi connectivity index (χ1v) is 5.30. The molecule has 0 unspecified atom stereocenters. The summed E-state index contributed by atoms with van der Waals surface area (Å²) in [5, 5.41) is 1.86. The molecule has 0 aliphatic rings. The molecule has 15 heavy (non-hydrogen) atoms. The number of fused-ring (bicyclic) bond motifs is 1. The molecule has 2 nitrogen and oxygen atoms in total. The second kappa shape index (κ2) is 4.07. The minimum Gasteiger partial charge on any atom is -0.359 e. The number of aromatic amines is 1. The van der Waals surface area contributed by atoms with Crippen LogP contribution in [0.1, 0.15) is 17.7 Å². The van der Waals surface area contributed by atoms with Crippen molar-refractivity contribution in [2.24, 2.45) is 0 Å². The number of halogens is 1. The first-order valence-electron chi connectivity index (χ1n) is 4.92. The zero-order valence-electron chi connectivity index (χ0n) is 8.51. The number of hydrogen-bond donors (Lipinski definition) is 1. The van der Waals surface area contributed by atoms with Gasteiger partial charge in [0.25, 0.3) is 0 Å². The van der Waals surface area contributed by atoms with Gasteiger partial charge in [0, 0.05) is 28.0 Å². The minimum atomic E-state index is 0.519. The summed E-state index contributed by atoms with van der Waals surface area (Å²) in [6, 6.07) is 6.03. The predicted octanol–water partition coefficient (Wildman–Crippen LogP) is 3.26. The van der Waals surface area contributed by atoms with Crippen molar-refractivity contribution >= 4 is 28.8 Å². The Bertz CT molecular complexity index is 502. The van der Waals surface area contributed by atoms with E-state index in [1.807, 2.05) is 19.1 Å². The summed E-state index contributed by atoms with van der Waals surface area (Å²) in [4.78, 5) is 13.6. The highest BCUT2D eigenvalue weighted by Crippen LogP contribution is 2.25. The number of aromatic nitrogens is 1. The van der Waals surface area contributed by atoms with Crippen LogP contribution in [-0.2, 0) is 11.2 Å². The van der Waals surface area contributed by atoms with Crippen molar-refractivity contribution in [1.82, 2.24) is 4.98 Å². The summed E-state index contributed by atoms with van der Waals surface area (Å²) < 4.78 is 0. The van der Waals surface area contributed by atoms with Crippen LogP contribution in [0.3, 0.4) is 0 Å². The van der Waals surface area contributed by atoms with E-state index < -0.39 is 0 Å². The lowest BCUT2D eigenvalue weighted by Gasteiger charge is -2.01. The summed E-state index contributed by atoms with van der Waals surface area (Å²) >= 11 is 6.12. The van der Waals surface area contributed by atoms with Gasteiger partial charge in [0.1, 0.15) is 6.29 Å². The van der Waals surface area contributed by atoms with E-state index in [1.54, 1.807) is 0 Å². The van der Waals surface area contributed by atoms with Gasteiger partial charge in [0.05, 0.1) is 0 Å². The number of hydrogen-bond acceptors (Lipinski definition) is 1. The molecule has 2 rings (SSSR count). The molecule has 0 spiro atoms. The van der Waals surface area contributed by atoms with E-state index in [4.69, 9.17) is 11.6 Å². The van der Waals surface area contributed by atoms with Gasteiger partial charge < -0.3 is 9.78 Å². The SMILES string of the molecule is Cc1cc2cc(Cl)c(CCC=O)cc2[nH]1. The first-order chi connectivity index (χ1) is 7.20. The minimum absolute atomic E-state index is 0.519. The third kappa shape index (κ3) is 2.05. The summed E-state index contributed by atoms with van der Waals surface area (Å²) in [5.41, 5.74) is 3.23. The van der Waals surface area contributed by atoms with Crippen LogP contribution in [0, 0.1) is 6.92 Å². The molecule has 1 N–H and O–H groups in total. The van der Waals surface area contributed by atoms with Gasteiger partial charge in [-0.05, 0) is 37.1 Å². The van der Waals surface area contributed by atoms with Crippen molar-refractivity contribution in [2.45, 2.75) is 19.8 Å². The zero-order valence-corrected chi connectivity index (χ0v) is 9.27. The normalized spacial score (nSPS) is 10.8. The summed E-state index contributed by atoms with van der Waals surface area (Å²) in [7, 11) is 0. The molecular formula is C12H12ClNO. The molecule has 0 radical (unpaired) electrons. The maximum Gasteiger partial charge on any atom is 0.120 e. The molecule has 1 heterocycles. The number of benzene rings is 1. The second-order valence-electron chi connectivity index (χ2n) is 3.69. The van der Waals surface area contributed by atoms with Gasteiger partial charge in [-0.25, -0.2) is 0 Å². The molecule has 0 saturated carbocycles. The largest absolute Gasteiger partial charge is 0.359 e. The van der Waals surface area contributed by atoms with Gasteiger partial charge in [0.2, 0.25) is 0 Å². The van der Waals surface area contributed by atoms with Crippen molar-refractivity contribution < 1.29 is 4.79 Å². The van der Waals surface area contributed by atoms with Crippen LogP contribution in [0.5, 0.6) is 0 Å². The van der Waals surface area contributed by atoms with Crippen molar-refractivity contribution in [3.63, 3.8) is 0 Å². The molecule has 1 aromatic heterocycles. The van der Waals surface area contributed by atoms with Crippen molar-refractivity contribution in [3.8, 4) is 0 Å². The summed E-state index contributed by atoms with van der Waals surface area (Å²) in [5.74, 6) is 0. The zero-order chi connectivity index (χ0) is 10.8. The highest BCUT2D eigenvalue weighted by atomic mass is 35.5. The van der Waals surface area contributed by atoms with E-state index in [-0.39, 0.29) is 0 Å². The maximum atomic E-state index is 10.3. The topological polar surface area (TPSA) is 32.9 Å². The van der Waals surface area contributed by atoms with Crippen LogP contribution in [0.2, 0.25) is 5.02 Å². The third-order valence-corrected chi connectivity index (χ3v) is 2.81. The van der Waals surface area contributed by atoms with Crippen molar-refractivity contribution in [2.75, 3.05) is 0 Å². The van der Waals surface area contributed by atoms with Gasteiger partial charge in [-0.1, -0.05) is 11.6 Å². The number of carbonyl (C=O) groups is 1. The van der Waals surface area contributed by atoms with E-state index in [2.05, 4.69) is 11.1 Å². The van der Waals surface area contributed by atoms with Gasteiger partial charge in [-0.3, -0.25) is 0 Å². The molecule has 2 aromatic rings. The Kier molecular flexibility index (Phi) is 2.78. The fourth-order valence-corrected chi connectivity index (χ4v) is 2.02. The summed E-state index contributed by atoms with van der Waals surface area (Å²) in [6.07, 6.45) is 2.14. The maximum absolute atomic E-state index is 10.3. The Balaban J connectivity index is 2.46. The van der Waals surface area contributed by atoms with Crippen molar-refractivity contribution in [3.05, 3.63) is 34.5 Å². The van der Waals surface area contributed by atoms with Crippen molar-refractivity contribution in [1.29, 1.82) is 0 Å². The molecule has 0 aliphatic heterocycles. The van der Waals surface area contributed by atoms with Crippen LogP contribution in [0.25, 0.3) is 10.9 Å². The average molecular weight is 222 g/mol. The fraction of sp³-hybridized carbons (Fsp3) is 0.250. The van der Waals surface area contributed by atoms with E-state index in [0.717, 1.165) is 33.5 Å². The van der Waals surface area contributed by atoms with Gasteiger partial charge >= 0.3 is 0 Å². The smallest absolute Gasteiger partial charge is 0.120 e. The van der Waals surface area contributed by atoms with Gasteiger partial charge in [-0.2, -0.15) is 0 Å². The number of H-pyrrole nitrogens is 1. The molecule has 3 heteroatoms. The molecule has 0 bridgehead atoms. The number of aryl methyl sites for hydroxylation is 2. The quantitative estimate of drug-likeness (QED) is 0.793. The predicted molar refractivity (Wildman–Crippen MR) is 62.4 cm³/mol. The van der Waals surface area contributed by atoms with Crippen LogP contribution in [0.15, 0.2) is 18.2 Å². The monoisotopic (exact) mass is 221 g/mol. The lowest BCUT2D eigenvalue weighted by Crippen LogP contribution is -1.87. The van der Waals surface area contributed by atoms with E-state index in [0.29, 0.717) is 12.8 Å². The Morgan fingerprint density at radius 1 is 1.40 bits per heavy atom. The van der Waals surface area contributed by atoms with Crippen LogP contribution in [0.4, 0.5) is 0 Å². The van der Waals surface area contributed by atoms with E-state index in [1.165, 1.54) is 0 Å². The van der Waals surface area contributed by atoms with Gasteiger partial charge in [-0.15, -0.1) is 0 Å². The number of carbonyl (C=O) groups excluding carboxylic acids is 1. The molecule has 0 amide bonds. The Labute approximate surface area is 93.2 Å². The first kappa shape index (κ1) is 10.2. The summed E-state index contributed by atoms with van der Waals surface area (Å²) in [6.45, 7) is 2.01. The Hall–Kier alpha value is -1.28. The third-order valence-electron chi connectivity index (χ3n) is 2.45. The lowest BCUT2D eigenvalue weighted by atomic mass is 10.1. The molecule has 0 aliphatic carbocycles. The highest BCUT2D eigenvalue weighted by Gasteiger charge is 2.04. The standard InChI is InChI=1S/C12H12ClNO/c1-8-5-10-6-11(13)9(3-2-4-15)7-12(10)14-8/h4-7,14H,2-3H2,1H3. The van der Waals surface area contributed by atoms with Gasteiger partial charge in [0.15, 0.2) is 0 Å². The van der Waals surface area contributed by atoms with Crippen LogP contribution >= 0.6 is 11.6 Å². The molecule has 0 atom stereocenters. The molecular weight excluding hydrogens is 210 g/mol. The van der Waals surface area contributed by atoms with E-state index >= 15 is 0 Å². The number of rotatable bonds is 3. The fourth-order valence-electron chi connectivity index (χ4n) is 1.75. The number of nitrogens with one attached hydrogen (secondary N) is 1. The lowest BCUT2D eigenvalue weighted by molar-refractivity contribution is -0.107. The molecule has 78 valence electrons. The highest BCUT2D eigenvalue weighted by molar-refractivity contribution is 6.32. The Morgan fingerprint density at radius 3 is 2.93 bits per heavy atom. The van der Waals surface area contributed by atoms with Crippen LogP contribution in [-0.4, -0.2) is 11.3 Å². The molecule has 1 aromatic carbocycles. The van der Waals surface area contributed by atoms with Crippen LogP contribution < -0.4 is 0 Å². The average Bonchev–Trinajstić information content (AvgIpc) is 2.53. The number of aldehydes is 1. The van der Waals surface area contributed by atoms with E-state index in [9.17, 15) is 4.79 Å². The second-order valence-corrected chi connectivity index (χ2v) is 4.10. The molecule has 0 saturated heterocycles. The Morgan fingerprint density at radius 2 is 2.20 bits per heavy atom. The molecule has 0 fully saturated rings.